The third-order valence-electron chi connectivity index (χ3n) is 0. The molecule has 0 aliphatic heterocycles. The van der Waals surface area contributed by atoms with E-state index < -0.39 is 0 Å². The molecule has 0 unspecified atom stereocenters. The Kier molecular flexibility index (Phi) is 237. The van der Waals surface area contributed by atoms with Crippen LogP contribution in [0.5, 0.6) is 0 Å². The Morgan fingerprint density at radius 3 is 1.00 bits per heavy atom. The van der Waals surface area contributed by atoms with Crippen LogP contribution in [0.25, 0.3) is 0 Å². The van der Waals surface area contributed by atoms with Gasteiger partial charge in [0.1, 0.15) is 0 Å². The smallest absolute Gasteiger partial charge is 0 e. The molecule has 1 nitrogen and oxygen atoms in total. The summed E-state index contributed by atoms with van der Waals surface area (Å²) in [5.41, 5.74) is 0. The molecule has 0 aliphatic rings. The molecule has 0 aromatic carbocycles. The summed E-state index contributed by atoms with van der Waals surface area (Å²) in [6.45, 7) is 0. The molecular weight excluding hydrogens is 161 g/mol. The van der Waals surface area contributed by atoms with E-state index in [1.165, 1.54) is 0 Å². The van der Waals surface area contributed by atoms with Crippen LogP contribution in [0, 0.1) is 0 Å². The molecule has 0 fully saturated rings. The van der Waals surface area contributed by atoms with Crippen molar-refractivity contribution in [3.8, 4) is 0 Å². The van der Waals surface area contributed by atoms with Crippen LogP contribution in [0.15, 0.2) is 0 Å². The fourth-order valence-corrected chi connectivity index (χ4v) is 0. The minimum absolute atomic E-state index is 0. The molecule has 0 amide bonds. The van der Waals surface area contributed by atoms with Crippen LogP contribution in [-0.2, 0) is 19.5 Å². The Labute approximate surface area is 61.1 Å². The molecular formula is H2GeLiOZn. The summed E-state index contributed by atoms with van der Waals surface area (Å²) in [4.78, 5) is 0. The Morgan fingerprint density at radius 1 is 1.00 bits per heavy atom. The summed E-state index contributed by atoms with van der Waals surface area (Å²) in [7, 11) is 0. The van der Waals surface area contributed by atoms with Crippen LogP contribution in [-0.4, -0.2) is 41.9 Å². The van der Waals surface area contributed by atoms with Gasteiger partial charge in [-0.3, -0.25) is 0 Å². The van der Waals surface area contributed by atoms with Crippen LogP contribution in [0.2, 0.25) is 0 Å². The van der Waals surface area contributed by atoms with E-state index in [1.54, 1.807) is 0 Å². The maximum Gasteiger partial charge on any atom is 0 e. The van der Waals surface area contributed by atoms with E-state index in [0.29, 0.717) is 0 Å². The third-order valence-corrected chi connectivity index (χ3v) is 0. The van der Waals surface area contributed by atoms with Crippen LogP contribution in [0.4, 0.5) is 0 Å². The zero-order chi connectivity index (χ0) is 0. The maximum absolute atomic E-state index is 0. The van der Waals surface area contributed by atoms with Crippen LogP contribution < -0.4 is 0 Å². The monoisotopic (exact) mass is 163 g/mol. The van der Waals surface area contributed by atoms with Gasteiger partial charge in [-0.25, -0.2) is 0 Å². The predicted octanol–water partition coefficient (Wildman–Crippen LogP) is -1.59. The molecule has 2 N–H and O–H groups in total. The Bertz CT molecular complexity index is 8.00. The molecule has 0 aromatic heterocycles. The standard InChI is InChI=1S/Ge.Li.H2O.Zn/h;;1H2;. The molecule has 4 heavy (non-hydrogen) atoms. The van der Waals surface area contributed by atoms with Crippen molar-refractivity contribution in [1.82, 2.24) is 0 Å². The average Bonchev–Trinajstić information content (AvgIpc) is 0. The molecule has 0 bridgehead atoms. The number of rotatable bonds is 0. The Morgan fingerprint density at radius 2 is 1.00 bits per heavy atom. The summed E-state index contributed by atoms with van der Waals surface area (Å²) >= 11 is 0. The van der Waals surface area contributed by atoms with Crippen LogP contribution in [0.3, 0.4) is 0 Å². The van der Waals surface area contributed by atoms with Gasteiger partial charge in [-0.2, -0.15) is 0 Å². The van der Waals surface area contributed by atoms with E-state index in [-0.39, 0.29) is 61.4 Å². The predicted molar refractivity (Wildman–Crippen MR) is 15.1 cm³/mol. The molecule has 5 radical (unpaired) electrons. The zero-order valence-corrected chi connectivity index (χ0v) is 7.77. The van der Waals surface area contributed by atoms with Gasteiger partial charge in [0.15, 0.2) is 0 Å². The van der Waals surface area contributed by atoms with Crippen molar-refractivity contribution >= 4 is 36.5 Å². The molecule has 4 heteroatoms. The van der Waals surface area contributed by atoms with E-state index in [0.717, 1.165) is 0 Å². The van der Waals surface area contributed by atoms with E-state index in [4.69, 9.17) is 0 Å². The first kappa shape index (κ1) is 43.0. The molecule has 0 rings (SSSR count). The minimum Gasteiger partial charge on any atom is -0.412 e. The van der Waals surface area contributed by atoms with E-state index in [9.17, 15) is 0 Å². The summed E-state index contributed by atoms with van der Waals surface area (Å²) in [6, 6.07) is 0. The molecule has 0 aliphatic carbocycles. The molecule has 0 atom stereocenters. The second-order valence-electron chi connectivity index (χ2n) is 0. The van der Waals surface area contributed by atoms with Crippen molar-refractivity contribution in [2.45, 2.75) is 0 Å². The van der Waals surface area contributed by atoms with Crippen molar-refractivity contribution in [2.24, 2.45) is 0 Å². The first-order valence-corrected chi connectivity index (χ1v) is 0. The van der Waals surface area contributed by atoms with Crippen LogP contribution >= 0.6 is 0 Å². The second kappa shape index (κ2) is 22.0. The first-order valence-electron chi connectivity index (χ1n) is 0. The Balaban J connectivity index is 0. The van der Waals surface area contributed by atoms with Gasteiger partial charge in [-0.1, -0.05) is 0 Å². The van der Waals surface area contributed by atoms with Gasteiger partial charge in [0, 0.05) is 55.9 Å². The third kappa shape index (κ3) is 9.30. The normalized spacial score (nSPS) is 0. The molecule has 0 saturated carbocycles. The summed E-state index contributed by atoms with van der Waals surface area (Å²) in [5.74, 6) is 0. The number of hydrogen-bond acceptors (Lipinski definition) is 0. The number of hydrogen-bond donors (Lipinski definition) is 0. The molecule has 0 heterocycles. The van der Waals surface area contributed by atoms with Gasteiger partial charge in [-0.15, -0.1) is 0 Å². The van der Waals surface area contributed by atoms with E-state index in [2.05, 4.69) is 0 Å². The topological polar surface area (TPSA) is 31.5 Å². The Hall–Kier alpha value is 1.72. The SMILES string of the molecule is O.[Ge].[Li].[Zn]. The minimum atomic E-state index is 0. The van der Waals surface area contributed by atoms with Crippen molar-refractivity contribution in [3.63, 3.8) is 0 Å². The quantitative estimate of drug-likeness (QED) is 0.385. The zero-order valence-electron chi connectivity index (χ0n) is 2.71. The van der Waals surface area contributed by atoms with Crippen molar-refractivity contribution in [3.05, 3.63) is 0 Å². The molecule has 0 spiro atoms. The maximum atomic E-state index is 0. The summed E-state index contributed by atoms with van der Waals surface area (Å²) in [6.07, 6.45) is 0. The summed E-state index contributed by atoms with van der Waals surface area (Å²) < 4.78 is 0. The largest absolute Gasteiger partial charge is 0.412 e. The van der Waals surface area contributed by atoms with E-state index in [1.807, 2.05) is 0 Å². The second-order valence-corrected chi connectivity index (χ2v) is 0. The van der Waals surface area contributed by atoms with Crippen molar-refractivity contribution < 1.29 is 25.0 Å². The fourth-order valence-electron chi connectivity index (χ4n) is 0. The van der Waals surface area contributed by atoms with Gasteiger partial charge in [0.05, 0.1) is 0 Å². The fraction of sp³-hybridized carbons (Fsp3) is 0. The van der Waals surface area contributed by atoms with Gasteiger partial charge in [0.2, 0.25) is 0 Å². The average molecular weight is 163 g/mol. The van der Waals surface area contributed by atoms with Crippen LogP contribution in [0.1, 0.15) is 0 Å². The van der Waals surface area contributed by atoms with Crippen molar-refractivity contribution in [2.75, 3.05) is 0 Å². The first-order chi connectivity index (χ1) is 0. The van der Waals surface area contributed by atoms with Gasteiger partial charge in [0.25, 0.3) is 0 Å². The molecule has 0 aromatic rings. The van der Waals surface area contributed by atoms with Gasteiger partial charge >= 0.3 is 0 Å². The van der Waals surface area contributed by atoms with E-state index >= 15 is 0 Å². The molecule has 0 saturated heterocycles. The molecule has 15 valence electrons. The summed E-state index contributed by atoms with van der Waals surface area (Å²) in [5, 5.41) is 0. The van der Waals surface area contributed by atoms with Crippen molar-refractivity contribution in [1.29, 1.82) is 0 Å². The van der Waals surface area contributed by atoms with Gasteiger partial charge < -0.3 is 5.48 Å². The van der Waals surface area contributed by atoms with Gasteiger partial charge in [-0.05, 0) is 0 Å².